The molecule has 0 unspecified atom stereocenters. The van der Waals surface area contributed by atoms with Crippen LogP contribution in [0.4, 0.5) is 0 Å². The van der Waals surface area contributed by atoms with E-state index in [-0.39, 0.29) is 25.7 Å². The van der Waals surface area contributed by atoms with Crippen LogP contribution in [0.2, 0.25) is 0 Å². The molecule has 0 aliphatic heterocycles. The lowest BCUT2D eigenvalue weighted by Gasteiger charge is -2.06. The van der Waals surface area contributed by atoms with E-state index in [1.807, 2.05) is 0 Å². The molecule has 0 bridgehead atoms. The van der Waals surface area contributed by atoms with Gasteiger partial charge in [0.2, 0.25) is 0 Å². The molecule has 0 aromatic rings. The Kier molecular flexibility index (Phi) is 10.8. The zero-order valence-corrected chi connectivity index (χ0v) is 18.1. The summed E-state index contributed by atoms with van der Waals surface area (Å²) in [4.78, 5) is 0. The van der Waals surface area contributed by atoms with Crippen molar-refractivity contribution in [1.82, 2.24) is 0 Å². The van der Waals surface area contributed by atoms with Gasteiger partial charge in [0.05, 0.1) is 23.0 Å². The van der Waals surface area contributed by atoms with Crippen LogP contribution in [-0.4, -0.2) is 56.7 Å². The topological polar surface area (TPSA) is 155 Å². The lowest BCUT2D eigenvalue weighted by Crippen LogP contribution is -2.19. The third kappa shape index (κ3) is 13.0. The molecule has 0 heterocycles. The van der Waals surface area contributed by atoms with Gasteiger partial charge in [0.25, 0.3) is 40.5 Å². The van der Waals surface area contributed by atoms with Crippen molar-refractivity contribution in [2.75, 3.05) is 23.0 Å². The minimum absolute atomic E-state index is 0.0824. The maximum atomic E-state index is 11.5. The maximum Gasteiger partial charge on any atom is 0.281 e. The molecule has 26 heavy (non-hydrogen) atoms. The highest BCUT2D eigenvalue weighted by molar-refractivity contribution is 8.00. The zero-order valence-electron chi connectivity index (χ0n) is 14.8. The quantitative estimate of drug-likeness (QED) is 0.320. The summed E-state index contributed by atoms with van der Waals surface area (Å²) in [7, 11) is -16.7. The van der Waals surface area contributed by atoms with E-state index in [0.717, 1.165) is 0 Å². The first-order chi connectivity index (χ1) is 11.7. The normalized spacial score (nSPS) is 13.8. The molecule has 14 heteroatoms. The molecule has 0 rings (SSSR count). The minimum atomic E-state index is -4.22. The Balaban J connectivity index is 4.21. The largest absolute Gasteiger partial charge is 0.281 e. The molecule has 0 atom stereocenters. The predicted molar refractivity (Wildman–Crippen MR) is 96.4 cm³/mol. The molecule has 0 saturated heterocycles. The van der Waals surface area contributed by atoms with Crippen molar-refractivity contribution < 1.29 is 40.9 Å². The smallest absolute Gasteiger partial charge is 0.198 e. The fourth-order valence-corrected chi connectivity index (χ4v) is 7.59. The first-order valence-electron chi connectivity index (χ1n) is 8.07. The first-order valence-corrected chi connectivity index (χ1v) is 14.4. The van der Waals surface area contributed by atoms with Crippen molar-refractivity contribution in [2.24, 2.45) is 0 Å². The van der Waals surface area contributed by atoms with Gasteiger partial charge in [0.1, 0.15) is 0 Å². The van der Waals surface area contributed by atoms with Gasteiger partial charge in [-0.3, -0.25) is 0 Å². The van der Waals surface area contributed by atoms with Gasteiger partial charge in [-0.05, 0) is 25.7 Å². The van der Waals surface area contributed by atoms with Gasteiger partial charge >= 0.3 is 0 Å². The summed E-state index contributed by atoms with van der Waals surface area (Å²) in [5.41, 5.74) is 0. The lowest BCUT2D eigenvalue weighted by atomic mass is 10.2. The zero-order chi connectivity index (χ0) is 20.5. The van der Waals surface area contributed by atoms with Crippen LogP contribution in [0.1, 0.15) is 52.4 Å². The third-order valence-corrected chi connectivity index (χ3v) is 9.57. The molecule has 158 valence electrons. The summed E-state index contributed by atoms with van der Waals surface area (Å²) >= 11 is 0. The summed E-state index contributed by atoms with van der Waals surface area (Å²) in [5.74, 6) is -1.82. The number of hydrogen-bond donors (Lipinski definition) is 0. The monoisotopic (exact) mass is 458 g/mol. The summed E-state index contributed by atoms with van der Waals surface area (Å²) in [6.07, 6.45) is 1.21. The van der Waals surface area contributed by atoms with E-state index in [1.54, 1.807) is 13.8 Å². The molecule has 0 saturated carbocycles. The van der Waals surface area contributed by atoms with Gasteiger partial charge in [-0.2, -0.15) is 33.7 Å². The Morgan fingerprint density at radius 3 is 1.00 bits per heavy atom. The SMILES string of the molecule is CCCS(=O)(=O)OS(=O)(=O)CCCCCCS(=O)(=O)OS(=O)(=O)CCC. The van der Waals surface area contributed by atoms with Gasteiger partial charge in [-0.15, -0.1) is 7.26 Å². The molecule has 0 aromatic carbocycles. The highest BCUT2D eigenvalue weighted by Gasteiger charge is 2.23. The highest BCUT2D eigenvalue weighted by atomic mass is 32.3. The van der Waals surface area contributed by atoms with Crippen LogP contribution in [0.5, 0.6) is 0 Å². The molecule has 0 aromatic heterocycles. The van der Waals surface area contributed by atoms with Gasteiger partial charge in [-0.25, -0.2) is 0 Å². The fraction of sp³-hybridized carbons (Fsp3) is 1.00. The Hall–Kier alpha value is -0.280. The van der Waals surface area contributed by atoms with Crippen LogP contribution in [0.3, 0.4) is 0 Å². The molecule has 0 radical (unpaired) electrons. The number of unbranched alkanes of at least 4 members (excludes halogenated alkanes) is 3. The van der Waals surface area contributed by atoms with E-state index in [0.29, 0.717) is 12.8 Å². The van der Waals surface area contributed by atoms with Crippen molar-refractivity contribution in [3.63, 3.8) is 0 Å². The average molecular weight is 459 g/mol. The molecule has 0 fully saturated rings. The molecule has 0 amide bonds. The van der Waals surface area contributed by atoms with Crippen LogP contribution in [-0.2, 0) is 47.7 Å². The summed E-state index contributed by atoms with van der Waals surface area (Å²) in [6, 6.07) is 0. The van der Waals surface area contributed by atoms with Crippen LogP contribution < -0.4 is 0 Å². The summed E-state index contributed by atoms with van der Waals surface area (Å²) in [6.45, 7) is 3.14. The minimum Gasteiger partial charge on any atom is -0.198 e. The molecular formula is C12H26O10S4. The van der Waals surface area contributed by atoms with E-state index < -0.39 is 63.5 Å². The van der Waals surface area contributed by atoms with Crippen molar-refractivity contribution in [3.05, 3.63) is 0 Å². The molecule has 0 aliphatic carbocycles. The van der Waals surface area contributed by atoms with E-state index in [2.05, 4.69) is 7.26 Å². The molecule has 10 nitrogen and oxygen atoms in total. The Morgan fingerprint density at radius 2 is 0.731 bits per heavy atom. The second kappa shape index (κ2) is 10.9. The van der Waals surface area contributed by atoms with Crippen LogP contribution in [0.25, 0.3) is 0 Å². The third-order valence-electron chi connectivity index (χ3n) is 2.86. The van der Waals surface area contributed by atoms with Gasteiger partial charge in [-0.1, -0.05) is 26.7 Å². The Bertz CT molecular complexity index is 750. The standard InChI is InChI=1S/C12H26O10S4/c1-3-9-23(13,14)21-25(17,18)11-7-5-6-8-12-26(19,20)22-24(15,16)10-4-2/h3-12H2,1-2H3. The highest BCUT2D eigenvalue weighted by Crippen LogP contribution is 2.11. The van der Waals surface area contributed by atoms with Crippen LogP contribution in [0.15, 0.2) is 0 Å². The first kappa shape index (κ1) is 25.7. The van der Waals surface area contributed by atoms with E-state index in [1.165, 1.54) is 0 Å². The summed E-state index contributed by atoms with van der Waals surface area (Å²) in [5, 5.41) is 0. The molecule has 0 N–H and O–H groups in total. The fourth-order valence-electron chi connectivity index (χ4n) is 1.86. The summed E-state index contributed by atoms with van der Waals surface area (Å²) < 4.78 is 99.8. The second-order valence-corrected chi connectivity index (χ2v) is 12.8. The van der Waals surface area contributed by atoms with E-state index in [9.17, 15) is 33.7 Å². The van der Waals surface area contributed by atoms with Crippen LogP contribution in [0, 0.1) is 0 Å². The van der Waals surface area contributed by atoms with E-state index in [4.69, 9.17) is 0 Å². The Morgan fingerprint density at radius 1 is 0.462 bits per heavy atom. The van der Waals surface area contributed by atoms with Crippen molar-refractivity contribution in [3.8, 4) is 0 Å². The van der Waals surface area contributed by atoms with E-state index >= 15 is 0 Å². The molecule has 0 spiro atoms. The van der Waals surface area contributed by atoms with Crippen LogP contribution >= 0.6 is 0 Å². The Labute approximate surface area is 156 Å². The van der Waals surface area contributed by atoms with Crippen molar-refractivity contribution in [2.45, 2.75) is 52.4 Å². The molecular weight excluding hydrogens is 432 g/mol. The van der Waals surface area contributed by atoms with Gasteiger partial charge in [0, 0.05) is 0 Å². The second-order valence-electron chi connectivity index (χ2n) is 5.60. The van der Waals surface area contributed by atoms with Gasteiger partial charge in [0.15, 0.2) is 0 Å². The average Bonchev–Trinajstić information content (AvgIpc) is 2.39. The van der Waals surface area contributed by atoms with Crippen molar-refractivity contribution >= 4 is 40.5 Å². The lowest BCUT2D eigenvalue weighted by molar-refractivity contribution is 0.453. The van der Waals surface area contributed by atoms with Gasteiger partial charge < -0.3 is 0 Å². The number of rotatable bonds is 15. The van der Waals surface area contributed by atoms with Crippen molar-refractivity contribution in [1.29, 1.82) is 0 Å². The maximum absolute atomic E-state index is 11.5. The molecule has 0 aliphatic rings. The predicted octanol–water partition coefficient (Wildman–Crippen LogP) is 0.719. The number of hydrogen-bond acceptors (Lipinski definition) is 10.